The Labute approximate surface area is 93.3 Å². The fourth-order valence-corrected chi connectivity index (χ4v) is 1.92. The SMILES string of the molecule is O=C1CC[C@@H](C(=O)NCC2(O)CCOC2)N1. The van der Waals surface area contributed by atoms with Crippen LogP contribution < -0.4 is 10.6 Å². The van der Waals surface area contributed by atoms with Crippen LogP contribution in [0.5, 0.6) is 0 Å². The highest BCUT2D eigenvalue weighted by Crippen LogP contribution is 2.17. The zero-order valence-corrected chi connectivity index (χ0v) is 8.99. The van der Waals surface area contributed by atoms with Gasteiger partial charge in [-0.25, -0.2) is 0 Å². The fraction of sp³-hybridized carbons (Fsp3) is 0.800. The molecule has 2 amide bonds. The number of aliphatic hydroxyl groups is 1. The van der Waals surface area contributed by atoms with Gasteiger partial charge < -0.3 is 20.5 Å². The third-order valence-electron chi connectivity index (χ3n) is 2.99. The first-order valence-corrected chi connectivity index (χ1v) is 5.46. The molecule has 90 valence electrons. The van der Waals surface area contributed by atoms with Gasteiger partial charge >= 0.3 is 0 Å². The second-order valence-corrected chi connectivity index (χ2v) is 4.40. The van der Waals surface area contributed by atoms with Gasteiger partial charge in [0.2, 0.25) is 11.8 Å². The summed E-state index contributed by atoms with van der Waals surface area (Å²) in [6.07, 6.45) is 1.45. The first-order valence-electron chi connectivity index (χ1n) is 5.46. The Morgan fingerprint density at radius 1 is 1.69 bits per heavy atom. The Morgan fingerprint density at radius 2 is 2.50 bits per heavy atom. The number of carbonyl (C=O) groups excluding carboxylic acids is 2. The molecule has 0 aromatic carbocycles. The van der Waals surface area contributed by atoms with Crippen molar-refractivity contribution in [2.24, 2.45) is 0 Å². The lowest BCUT2D eigenvalue weighted by atomic mass is 10.0. The van der Waals surface area contributed by atoms with Crippen molar-refractivity contribution >= 4 is 11.8 Å². The van der Waals surface area contributed by atoms with Crippen LogP contribution in [0.15, 0.2) is 0 Å². The number of hydrogen-bond acceptors (Lipinski definition) is 4. The van der Waals surface area contributed by atoms with E-state index in [4.69, 9.17) is 4.74 Å². The highest BCUT2D eigenvalue weighted by atomic mass is 16.5. The monoisotopic (exact) mass is 228 g/mol. The summed E-state index contributed by atoms with van der Waals surface area (Å²) in [5, 5.41) is 15.1. The summed E-state index contributed by atoms with van der Waals surface area (Å²) < 4.78 is 5.06. The minimum atomic E-state index is -0.946. The van der Waals surface area contributed by atoms with Crippen LogP contribution in [0, 0.1) is 0 Å². The van der Waals surface area contributed by atoms with Gasteiger partial charge in [0.1, 0.15) is 11.6 Å². The number of carbonyl (C=O) groups is 2. The van der Waals surface area contributed by atoms with Crippen molar-refractivity contribution in [3.05, 3.63) is 0 Å². The average molecular weight is 228 g/mol. The number of rotatable bonds is 3. The lowest BCUT2D eigenvalue weighted by molar-refractivity contribution is -0.126. The van der Waals surface area contributed by atoms with Gasteiger partial charge in [0.05, 0.1) is 6.61 Å². The van der Waals surface area contributed by atoms with Crippen LogP contribution in [-0.2, 0) is 14.3 Å². The molecule has 0 radical (unpaired) electrons. The second kappa shape index (κ2) is 4.39. The Morgan fingerprint density at radius 3 is 3.06 bits per heavy atom. The molecular formula is C10H16N2O4. The molecule has 2 atom stereocenters. The van der Waals surface area contributed by atoms with Gasteiger partial charge in [-0.3, -0.25) is 9.59 Å². The van der Waals surface area contributed by atoms with E-state index in [1.54, 1.807) is 0 Å². The molecule has 3 N–H and O–H groups in total. The summed E-state index contributed by atoms with van der Waals surface area (Å²) in [7, 11) is 0. The lowest BCUT2D eigenvalue weighted by Crippen LogP contribution is -2.48. The van der Waals surface area contributed by atoms with E-state index in [0.29, 0.717) is 25.9 Å². The van der Waals surface area contributed by atoms with E-state index in [-0.39, 0.29) is 25.0 Å². The van der Waals surface area contributed by atoms with Crippen molar-refractivity contribution < 1.29 is 19.4 Å². The second-order valence-electron chi connectivity index (χ2n) is 4.40. The van der Waals surface area contributed by atoms with Crippen molar-refractivity contribution in [3.63, 3.8) is 0 Å². The highest BCUT2D eigenvalue weighted by molar-refractivity contribution is 5.90. The number of hydrogen-bond donors (Lipinski definition) is 3. The Bertz CT molecular complexity index is 299. The molecule has 0 spiro atoms. The van der Waals surface area contributed by atoms with Gasteiger partial charge in [-0.1, -0.05) is 0 Å². The van der Waals surface area contributed by atoms with Gasteiger partial charge in [-0.05, 0) is 6.42 Å². The fourth-order valence-electron chi connectivity index (χ4n) is 1.92. The zero-order valence-electron chi connectivity index (χ0n) is 8.99. The first kappa shape index (κ1) is 11.3. The summed E-state index contributed by atoms with van der Waals surface area (Å²) in [4.78, 5) is 22.5. The Kier molecular flexibility index (Phi) is 3.11. The van der Waals surface area contributed by atoms with Crippen molar-refractivity contribution in [2.45, 2.75) is 30.9 Å². The minimum Gasteiger partial charge on any atom is -0.386 e. The van der Waals surface area contributed by atoms with Crippen molar-refractivity contribution in [3.8, 4) is 0 Å². The zero-order chi connectivity index (χ0) is 11.6. The van der Waals surface area contributed by atoms with Crippen LogP contribution in [0.2, 0.25) is 0 Å². The predicted octanol–water partition coefficient (Wildman–Crippen LogP) is -1.47. The van der Waals surface area contributed by atoms with Crippen LogP contribution in [0.4, 0.5) is 0 Å². The molecule has 0 aromatic heterocycles. The van der Waals surface area contributed by atoms with Crippen LogP contribution in [0.25, 0.3) is 0 Å². The van der Waals surface area contributed by atoms with Crippen LogP contribution in [-0.4, -0.2) is 48.3 Å². The smallest absolute Gasteiger partial charge is 0.242 e. The van der Waals surface area contributed by atoms with Gasteiger partial charge in [-0.2, -0.15) is 0 Å². The van der Waals surface area contributed by atoms with Crippen molar-refractivity contribution in [1.82, 2.24) is 10.6 Å². The number of nitrogens with one attached hydrogen (secondary N) is 2. The molecule has 6 nitrogen and oxygen atoms in total. The van der Waals surface area contributed by atoms with E-state index in [1.165, 1.54) is 0 Å². The van der Waals surface area contributed by atoms with Gasteiger partial charge in [-0.15, -0.1) is 0 Å². The largest absolute Gasteiger partial charge is 0.386 e. The van der Waals surface area contributed by atoms with E-state index >= 15 is 0 Å². The molecule has 0 bridgehead atoms. The maximum Gasteiger partial charge on any atom is 0.242 e. The molecule has 6 heteroatoms. The number of amides is 2. The summed E-state index contributed by atoms with van der Waals surface area (Å²) in [5.74, 6) is -0.325. The van der Waals surface area contributed by atoms with E-state index in [1.807, 2.05) is 0 Å². The molecule has 2 aliphatic heterocycles. The Balaban J connectivity index is 1.77. The third kappa shape index (κ3) is 2.51. The molecule has 0 aliphatic carbocycles. The lowest BCUT2D eigenvalue weighted by Gasteiger charge is -2.21. The molecule has 0 saturated carbocycles. The predicted molar refractivity (Wildman–Crippen MR) is 54.6 cm³/mol. The van der Waals surface area contributed by atoms with Crippen molar-refractivity contribution in [1.29, 1.82) is 0 Å². The van der Waals surface area contributed by atoms with Gasteiger partial charge in [0.15, 0.2) is 0 Å². The van der Waals surface area contributed by atoms with Crippen molar-refractivity contribution in [2.75, 3.05) is 19.8 Å². The quantitative estimate of drug-likeness (QED) is 0.550. The summed E-state index contributed by atoms with van der Waals surface area (Å²) in [6.45, 7) is 0.953. The summed E-state index contributed by atoms with van der Waals surface area (Å²) >= 11 is 0. The van der Waals surface area contributed by atoms with E-state index in [9.17, 15) is 14.7 Å². The van der Waals surface area contributed by atoms with E-state index in [2.05, 4.69) is 10.6 Å². The molecule has 0 aromatic rings. The summed E-state index contributed by atoms with van der Waals surface area (Å²) in [5.41, 5.74) is -0.946. The van der Waals surface area contributed by atoms with Crippen LogP contribution in [0.1, 0.15) is 19.3 Å². The minimum absolute atomic E-state index is 0.0944. The third-order valence-corrected chi connectivity index (χ3v) is 2.99. The number of ether oxygens (including phenoxy) is 1. The highest BCUT2D eigenvalue weighted by Gasteiger charge is 2.34. The Hall–Kier alpha value is -1.14. The molecule has 16 heavy (non-hydrogen) atoms. The average Bonchev–Trinajstić information content (AvgIpc) is 2.85. The van der Waals surface area contributed by atoms with Gasteiger partial charge in [0, 0.05) is 26.0 Å². The molecule has 2 saturated heterocycles. The molecule has 2 fully saturated rings. The van der Waals surface area contributed by atoms with Crippen LogP contribution in [0.3, 0.4) is 0 Å². The normalized spacial score (nSPS) is 33.8. The summed E-state index contributed by atoms with van der Waals surface area (Å²) in [6, 6.07) is -0.446. The molecular weight excluding hydrogens is 212 g/mol. The van der Waals surface area contributed by atoms with E-state index < -0.39 is 11.6 Å². The molecule has 2 aliphatic rings. The topological polar surface area (TPSA) is 87.7 Å². The molecule has 1 unspecified atom stereocenters. The van der Waals surface area contributed by atoms with Crippen LogP contribution >= 0.6 is 0 Å². The first-order chi connectivity index (χ1) is 7.59. The standard InChI is InChI=1S/C10H16N2O4/c13-8-2-1-7(12-8)9(14)11-5-10(15)3-4-16-6-10/h7,15H,1-6H2,(H,11,14)(H,12,13)/t7-,10?/m0/s1. The maximum atomic E-state index is 11.6. The van der Waals surface area contributed by atoms with Gasteiger partial charge in [0.25, 0.3) is 0 Å². The molecule has 2 rings (SSSR count). The van der Waals surface area contributed by atoms with E-state index in [0.717, 1.165) is 0 Å². The molecule has 2 heterocycles. The maximum absolute atomic E-state index is 11.6.